The molecule has 0 unspecified atom stereocenters. The third-order valence-electron chi connectivity index (χ3n) is 2.43. The van der Waals surface area contributed by atoms with Gasteiger partial charge >= 0.3 is 5.97 Å². The van der Waals surface area contributed by atoms with Crippen molar-refractivity contribution in [2.24, 2.45) is 0 Å². The summed E-state index contributed by atoms with van der Waals surface area (Å²) >= 11 is 0. The zero-order valence-electron chi connectivity index (χ0n) is 10.2. The average molecular weight is 254 g/mol. The molecule has 0 atom stereocenters. The summed E-state index contributed by atoms with van der Waals surface area (Å²) in [5.74, 6) is -1.78. The van der Waals surface area contributed by atoms with Crippen molar-refractivity contribution in [1.82, 2.24) is 10.2 Å². The highest BCUT2D eigenvalue weighted by Crippen LogP contribution is 2.12. The van der Waals surface area contributed by atoms with Crippen LogP contribution in [0.2, 0.25) is 0 Å². The lowest BCUT2D eigenvalue weighted by Crippen LogP contribution is -2.32. The number of nitrogens with zero attached hydrogens (tertiary/aromatic N) is 1. The molecule has 0 aromatic heterocycles. The van der Waals surface area contributed by atoms with Gasteiger partial charge in [-0.25, -0.2) is 9.18 Å². The zero-order chi connectivity index (χ0) is 13.7. The topological polar surface area (TPSA) is 69.6 Å². The maximum absolute atomic E-state index is 13.5. The van der Waals surface area contributed by atoms with Crippen molar-refractivity contribution in [2.75, 3.05) is 20.6 Å². The Morgan fingerprint density at radius 1 is 1.44 bits per heavy atom. The van der Waals surface area contributed by atoms with Gasteiger partial charge in [-0.05, 0) is 25.2 Å². The van der Waals surface area contributed by atoms with Gasteiger partial charge in [0.05, 0.1) is 12.1 Å². The van der Waals surface area contributed by atoms with Gasteiger partial charge in [0, 0.05) is 19.2 Å². The molecular weight excluding hydrogens is 239 g/mol. The lowest BCUT2D eigenvalue weighted by molar-refractivity contribution is -0.121. The summed E-state index contributed by atoms with van der Waals surface area (Å²) in [6, 6.07) is 3.60. The molecule has 1 rings (SSSR count). The van der Waals surface area contributed by atoms with Crippen LogP contribution >= 0.6 is 0 Å². The molecule has 0 heterocycles. The van der Waals surface area contributed by atoms with Crippen LogP contribution in [0.25, 0.3) is 0 Å². The van der Waals surface area contributed by atoms with E-state index >= 15 is 0 Å². The van der Waals surface area contributed by atoms with Crippen molar-refractivity contribution >= 4 is 11.9 Å². The lowest BCUT2D eigenvalue weighted by Gasteiger charge is -2.16. The molecule has 0 fully saturated rings. The van der Waals surface area contributed by atoms with Crippen LogP contribution in [0, 0.1) is 5.82 Å². The van der Waals surface area contributed by atoms with Gasteiger partial charge in [0.1, 0.15) is 5.82 Å². The van der Waals surface area contributed by atoms with Gasteiger partial charge in [-0.1, -0.05) is 0 Å². The van der Waals surface area contributed by atoms with Crippen LogP contribution in [0.15, 0.2) is 18.2 Å². The molecular formula is C12H15FN2O3. The maximum atomic E-state index is 13.5. The molecule has 0 aliphatic carbocycles. The highest BCUT2D eigenvalue weighted by Gasteiger charge is 2.11. The largest absolute Gasteiger partial charge is 0.478 e. The van der Waals surface area contributed by atoms with Crippen LogP contribution in [0.1, 0.15) is 15.9 Å². The van der Waals surface area contributed by atoms with Gasteiger partial charge in [0.25, 0.3) is 0 Å². The fourth-order valence-corrected chi connectivity index (χ4v) is 1.50. The minimum Gasteiger partial charge on any atom is -0.478 e. The zero-order valence-corrected chi connectivity index (χ0v) is 10.2. The second kappa shape index (κ2) is 6.11. The number of carbonyl (C=O) groups excluding carboxylic acids is 1. The maximum Gasteiger partial charge on any atom is 0.335 e. The van der Waals surface area contributed by atoms with Crippen molar-refractivity contribution in [1.29, 1.82) is 0 Å². The van der Waals surface area contributed by atoms with E-state index in [4.69, 9.17) is 5.11 Å². The van der Waals surface area contributed by atoms with Gasteiger partial charge in [0.2, 0.25) is 5.91 Å². The number of amides is 1. The third kappa shape index (κ3) is 3.81. The summed E-state index contributed by atoms with van der Waals surface area (Å²) in [6.45, 7) is 0.285. The molecule has 0 saturated heterocycles. The first-order chi connectivity index (χ1) is 8.43. The minimum absolute atomic E-state index is 0.0275. The second-order valence-electron chi connectivity index (χ2n) is 3.96. The Kier molecular flexibility index (Phi) is 4.79. The predicted molar refractivity (Wildman–Crippen MR) is 63.8 cm³/mol. The molecule has 5 nitrogen and oxygen atoms in total. The Bertz CT molecular complexity index is 463. The molecule has 2 N–H and O–H groups in total. The van der Waals surface area contributed by atoms with E-state index in [0.29, 0.717) is 0 Å². The molecule has 1 aromatic rings. The number of aromatic carboxylic acids is 1. The van der Waals surface area contributed by atoms with Crippen LogP contribution in [-0.4, -0.2) is 42.5 Å². The second-order valence-corrected chi connectivity index (χ2v) is 3.96. The number of nitrogens with one attached hydrogen (secondary N) is 1. The van der Waals surface area contributed by atoms with Gasteiger partial charge in [-0.2, -0.15) is 0 Å². The van der Waals surface area contributed by atoms with E-state index in [1.807, 2.05) is 0 Å². The first-order valence-electron chi connectivity index (χ1n) is 5.35. The summed E-state index contributed by atoms with van der Waals surface area (Å²) < 4.78 is 13.5. The lowest BCUT2D eigenvalue weighted by atomic mass is 10.1. The number of carbonyl (C=O) groups is 2. The number of benzene rings is 1. The summed E-state index contributed by atoms with van der Waals surface area (Å²) in [5, 5.41) is 11.3. The van der Waals surface area contributed by atoms with Crippen molar-refractivity contribution in [3.8, 4) is 0 Å². The number of carboxylic acid groups (broad SMARTS) is 1. The highest BCUT2D eigenvalue weighted by atomic mass is 19.1. The molecule has 0 aliphatic rings. The molecule has 98 valence electrons. The molecule has 0 spiro atoms. The Hall–Kier alpha value is -1.95. The predicted octanol–water partition coefficient (Wildman–Crippen LogP) is 0.702. The van der Waals surface area contributed by atoms with E-state index < -0.39 is 11.8 Å². The van der Waals surface area contributed by atoms with Crippen LogP contribution in [-0.2, 0) is 11.3 Å². The van der Waals surface area contributed by atoms with Crippen LogP contribution in [0.4, 0.5) is 4.39 Å². The van der Waals surface area contributed by atoms with Crippen LogP contribution in [0.3, 0.4) is 0 Å². The number of carboxylic acids is 1. The first-order valence-corrected chi connectivity index (χ1v) is 5.35. The number of halogens is 1. The molecule has 18 heavy (non-hydrogen) atoms. The molecule has 0 saturated carbocycles. The highest BCUT2D eigenvalue weighted by molar-refractivity contribution is 5.87. The van der Waals surface area contributed by atoms with E-state index in [0.717, 1.165) is 6.07 Å². The summed E-state index contributed by atoms with van der Waals surface area (Å²) in [5.41, 5.74) is 0.279. The third-order valence-corrected chi connectivity index (χ3v) is 2.43. The van der Waals surface area contributed by atoms with E-state index in [1.165, 1.54) is 19.2 Å². The molecule has 1 amide bonds. The van der Waals surface area contributed by atoms with E-state index in [1.54, 1.807) is 11.9 Å². The fourth-order valence-electron chi connectivity index (χ4n) is 1.50. The first kappa shape index (κ1) is 14.1. The number of likely N-dealkylation sites (N-methyl/N-ethyl adjacent to an activating group) is 2. The summed E-state index contributed by atoms with van der Waals surface area (Å²) in [7, 11) is 3.17. The normalized spacial score (nSPS) is 10.4. The number of hydrogen-bond donors (Lipinski definition) is 2. The van der Waals surface area contributed by atoms with Gasteiger partial charge in [0.15, 0.2) is 0 Å². The van der Waals surface area contributed by atoms with Crippen molar-refractivity contribution in [3.63, 3.8) is 0 Å². The van der Waals surface area contributed by atoms with Crippen LogP contribution < -0.4 is 5.32 Å². The smallest absolute Gasteiger partial charge is 0.335 e. The Balaban J connectivity index is 2.80. The molecule has 0 bridgehead atoms. The van der Waals surface area contributed by atoms with E-state index in [9.17, 15) is 14.0 Å². The van der Waals surface area contributed by atoms with E-state index in [-0.39, 0.29) is 30.1 Å². The number of hydrogen-bond acceptors (Lipinski definition) is 3. The number of rotatable bonds is 5. The van der Waals surface area contributed by atoms with Gasteiger partial charge in [-0.15, -0.1) is 0 Å². The Morgan fingerprint density at radius 3 is 2.67 bits per heavy atom. The van der Waals surface area contributed by atoms with Crippen molar-refractivity contribution in [3.05, 3.63) is 35.1 Å². The monoisotopic (exact) mass is 254 g/mol. The van der Waals surface area contributed by atoms with Crippen LogP contribution in [0.5, 0.6) is 0 Å². The molecule has 0 radical (unpaired) electrons. The molecule has 6 heteroatoms. The quantitative estimate of drug-likeness (QED) is 0.811. The fraction of sp³-hybridized carbons (Fsp3) is 0.333. The standard InChI is InChI=1S/C12H15FN2O3/c1-14-11(16)7-15(2)6-9-5-8(12(17)18)3-4-10(9)13/h3-5H,6-7H2,1-2H3,(H,14,16)(H,17,18). The summed E-state index contributed by atoms with van der Waals surface area (Å²) in [4.78, 5) is 23.5. The average Bonchev–Trinajstić information content (AvgIpc) is 2.31. The minimum atomic E-state index is -1.11. The van der Waals surface area contributed by atoms with Crippen molar-refractivity contribution < 1.29 is 19.1 Å². The van der Waals surface area contributed by atoms with Crippen molar-refractivity contribution in [2.45, 2.75) is 6.54 Å². The summed E-state index contributed by atoms with van der Waals surface area (Å²) in [6.07, 6.45) is 0. The van der Waals surface area contributed by atoms with E-state index in [2.05, 4.69) is 5.32 Å². The van der Waals surface area contributed by atoms with Gasteiger partial charge in [-0.3, -0.25) is 9.69 Å². The Morgan fingerprint density at radius 2 is 2.11 bits per heavy atom. The molecule has 1 aromatic carbocycles. The van der Waals surface area contributed by atoms with Gasteiger partial charge < -0.3 is 10.4 Å². The Labute approximate surface area is 104 Å². The molecule has 0 aliphatic heterocycles. The SMILES string of the molecule is CNC(=O)CN(C)Cc1cc(C(=O)O)ccc1F.